The van der Waals surface area contributed by atoms with Gasteiger partial charge in [-0.15, -0.1) is 0 Å². The molecule has 0 fully saturated rings. The summed E-state index contributed by atoms with van der Waals surface area (Å²) >= 11 is 0. The molecule has 0 spiro atoms. The molecule has 1 aromatic heterocycles. The predicted molar refractivity (Wildman–Crippen MR) is 94.6 cm³/mol. The molecule has 0 bridgehead atoms. The Balaban J connectivity index is 1.78. The van der Waals surface area contributed by atoms with Crippen molar-refractivity contribution in [3.8, 4) is 11.8 Å². The molecule has 1 aromatic carbocycles. The molecule has 1 heterocycles. The minimum Gasteiger partial charge on any atom is -0.443 e. The van der Waals surface area contributed by atoms with Crippen LogP contribution in [0.3, 0.4) is 0 Å². The van der Waals surface area contributed by atoms with Crippen LogP contribution in [-0.2, 0) is 11.3 Å². The number of hydrogen-bond donors (Lipinski definition) is 3. The number of aromatic nitrogens is 1. The predicted octanol–water partition coefficient (Wildman–Crippen LogP) is 1.78. The standard InChI is InChI=1S/C19H19N3O4/c1-19(2,25)10-9-14-5-7-15(8-6-14)13-26-18(24)22-21-17(23)16-4-3-11-20-12-16/h3-8,11-12,25H,13H2,1-2H3,(H,21,23)(H,22,24). The Morgan fingerprint density at radius 2 is 1.92 bits per heavy atom. The van der Waals surface area contributed by atoms with E-state index in [-0.39, 0.29) is 6.61 Å². The van der Waals surface area contributed by atoms with E-state index in [2.05, 4.69) is 27.7 Å². The molecular formula is C19H19N3O4. The van der Waals surface area contributed by atoms with Crippen LogP contribution in [0.4, 0.5) is 4.79 Å². The highest BCUT2D eigenvalue weighted by atomic mass is 16.6. The van der Waals surface area contributed by atoms with E-state index in [0.717, 1.165) is 11.1 Å². The van der Waals surface area contributed by atoms with Gasteiger partial charge >= 0.3 is 6.09 Å². The second-order valence-electron chi connectivity index (χ2n) is 5.90. The zero-order valence-corrected chi connectivity index (χ0v) is 14.4. The third kappa shape index (κ3) is 6.63. The van der Waals surface area contributed by atoms with Gasteiger partial charge in [0.25, 0.3) is 5.91 Å². The molecule has 0 aliphatic heterocycles. The van der Waals surface area contributed by atoms with Crippen LogP contribution in [0.25, 0.3) is 0 Å². The lowest BCUT2D eigenvalue weighted by atomic mass is 10.1. The van der Waals surface area contributed by atoms with Crippen molar-refractivity contribution in [2.75, 3.05) is 0 Å². The first-order chi connectivity index (χ1) is 12.3. The summed E-state index contributed by atoms with van der Waals surface area (Å²) in [5.41, 5.74) is 5.15. The Morgan fingerprint density at radius 3 is 2.54 bits per heavy atom. The van der Waals surface area contributed by atoms with Crippen molar-refractivity contribution < 1.29 is 19.4 Å². The molecule has 0 saturated heterocycles. The number of amides is 2. The number of aliphatic hydroxyl groups is 1. The number of benzene rings is 1. The molecule has 0 saturated carbocycles. The first kappa shape index (κ1) is 19.0. The van der Waals surface area contributed by atoms with Crippen LogP contribution >= 0.6 is 0 Å². The summed E-state index contributed by atoms with van der Waals surface area (Å²) in [6, 6.07) is 10.2. The summed E-state index contributed by atoms with van der Waals surface area (Å²) in [5, 5.41) is 9.57. The van der Waals surface area contributed by atoms with Crippen LogP contribution in [0, 0.1) is 11.8 Å². The lowest BCUT2D eigenvalue weighted by Gasteiger charge is -2.08. The van der Waals surface area contributed by atoms with Gasteiger partial charge in [-0.2, -0.15) is 0 Å². The Labute approximate surface area is 151 Å². The fraction of sp³-hybridized carbons (Fsp3) is 0.211. The number of carbonyl (C=O) groups excluding carboxylic acids is 2. The average Bonchev–Trinajstić information content (AvgIpc) is 2.63. The molecule has 3 N–H and O–H groups in total. The highest BCUT2D eigenvalue weighted by Crippen LogP contribution is 2.06. The Morgan fingerprint density at radius 1 is 1.19 bits per heavy atom. The first-order valence-electron chi connectivity index (χ1n) is 7.81. The van der Waals surface area contributed by atoms with Gasteiger partial charge in [-0.1, -0.05) is 24.0 Å². The monoisotopic (exact) mass is 353 g/mol. The van der Waals surface area contributed by atoms with Crippen LogP contribution in [0.5, 0.6) is 0 Å². The highest BCUT2D eigenvalue weighted by molar-refractivity contribution is 5.94. The van der Waals surface area contributed by atoms with Gasteiger partial charge in [0.15, 0.2) is 0 Å². The number of hydrazine groups is 1. The first-order valence-corrected chi connectivity index (χ1v) is 7.81. The topological polar surface area (TPSA) is 101 Å². The minimum atomic E-state index is -1.06. The number of pyridine rings is 1. The molecule has 2 aromatic rings. The second-order valence-corrected chi connectivity index (χ2v) is 5.90. The summed E-state index contributed by atoms with van der Waals surface area (Å²) in [6.45, 7) is 3.25. The molecule has 2 rings (SSSR count). The zero-order valence-electron chi connectivity index (χ0n) is 14.4. The van der Waals surface area contributed by atoms with Gasteiger partial charge in [-0.25, -0.2) is 10.2 Å². The fourth-order valence-corrected chi connectivity index (χ4v) is 1.77. The number of nitrogens with zero attached hydrogens (tertiary/aromatic N) is 1. The lowest BCUT2D eigenvalue weighted by molar-refractivity contribution is 0.0904. The van der Waals surface area contributed by atoms with Gasteiger partial charge in [0.1, 0.15) is 12.2 Å². The quantitative estimate of drug-likeness (QED) is 0.577. The summed E-state index contributed by atoms with van der Waals surface area (Å²) in [6.07, 6.45) is 2.14. The lowest BCUT2D eigenvalue weighted by Crippen LogP contribution is -2.41. The van der Waals surface area contributed by atoms with E-state index in [1.807, 2.05) is 0 Å². The van der Waals surface area contributed by atoms with Gasteiger partial charge < -0.3 is 9.84 Å². The molecule has 2 amide bonds. The molecule has 26 heavy (non-hydrogen) atoms. The molecule has 0 atom stereocenters. The number of rotatable bonds is 3. The van der Waals surface area contributed by atoms with E-state index in [0.29, 0.717) is 5.56 Å². The normalized spacial score (nSPS) is 10.3. The average molecular weight is 353 g/mol. The van der Waals surface area contributed by atoms with Crippen LogP contribution in [0.15, 0.2) is 48.8 Å². The molecule has 0 aliphatic rings. The molecule has 7 heteroatoms. The molecule has 0 radical (unpaired) electrons. The summed E-state index contributed by atoms with van der Waals surface area (Å²) in [7, 11) is 0. The van der Waals surface area contributed by atoms with E-state index in [4.69, 9.17) is 4.74 Å². The maximum absolute atomic E-state index is 11.7. The van der Waals surface area contributed by atoms with Crippen LogP contribution in [0.2, 0.25) is 0 Å². The Hall–Kier alpha value is -3.37. The third-order valence-electron chi connectivity index (χ3n) is 3.04. The highest BCUT2D eigenvalue weighted by Gasteiger charge is 2.08. The van der Waals surface area contributed by atoms with Gasteiger partial charge in [0.2, 0.25) is 0 Å². The minimum absolute atomic E-state index is 0.0355. The SMILES string of the molecule is CC(C)(O)C#Cc1ccc(COC(=O)NNC(=O)c2cccnc2)cc1. The largest absolute Gasteiger partial charge is 0.443 e. The smallest absolute Gasteiger partial charge is 0.426 e. The summed E-state index contributed by atoms with van der Waals surface area (Å²) < 4.78 is 5.01. The fourth-order valence-electron chi connectivity index (χ4n) is 1.77. The van der Waals surface area contributed by atoms with Crippen molar-refractivity contribution in [1.29, 1.82) is 0 Å². The number of hydrogen-bond acceptors (Lipinski definition) is 5. The van der Waals surface area contributed by atoms with Crippen molar-refractivity contribution in [2.24, 2.45) is 0 Å². The van der Waals surface area contributed by atoms with Gasteiger partial charge in [0, 0.05) is 18.0 Å². The Kier molecular flexibility index (Phi) is 6.31. The Bertz CT molecular complexity index is 816. The third-order valence-corrected chi connectivity index (χ3v) is 3.04. The summed E-state index contributed by atoms with van der Waals surface area (Å²) in [4.78, 5) is 27.2. The molecule has 0 unspecified atom stereocenters. The number of carbonyl (C=O) groups is 2. The molecule has 7 nitrogen and oxygen atoms in total. The van der Waals surface area contributed by atoms with E-state index >= 15 is 0 Å². The van der Waals surface area contributed by atoms with Gasteiger partial charge in [-0.05, 0) is 43.7 Å². The summed E-state index contributed by atoms with van der Waals surface area (Å²) in [5.74, 6) is 5.07. The number of nitrogens with one attached hydrogen (secondary N) is 2. The van der Waals surface area contributed by atoms with Crippen LogP contribution in [-0.4, -0.2) is 27.7 Å². The van der Waals surface area contributed by atoms with Crippen LogP contribution < -0.4 is 10.9 Å². The van der Waals surface area contributed by atoms with Crippen LogP contribution in [0.1, 0.15) is 35.3 Å². The van der Waals surface area contributed by atoms with Crippen molar-refractivity contribution in [3.05, 3.63) is 65.5 Å². The molecular weight excluding hydrogens is 334 g/mol. The van der Waals surface area contributed by atoms with E-state index in [9.17, 15) is 14.7 Å². The van der Waals surface area contributed by atoms with E-state index in [1.165, 1.54) is 6.20 Å². The number of ether oxygens (including phenoxy) is 1. The van der Waals surface area contributed by atoms with Crippen molar-refractivity contribution >= 4 is 12.0 Å². The van der Waals surface area contributed by atoms with Gasteiger partial charge in [-0.3, -0.25) is 15.2 Å². The molecule has 134 valence electrons. The zero-order chi connectivity index (χ0) is 19.0. The second kappa shape index (κ2) is 8.65. The van der Waals surface area contributed by atoms with Crippen molar-refractivity contribution in [3.63, 3.8) is 0 Å². The maximum atomic E-state index is 11.7. The van der Waals surface area contributed by atoms with Crippen molar-refractivity contribution in [2.45, 2.75) is 26.1 Å². The van der Waals surface area contributed by atoms with Gasteiger partial charge in [0.05, 0.1) is 5.56 Å². The maximum Gasteiger partial charge on any atom is 0.426 e. The van der Waals surface area contributed by atoms with Crippen molar-refractivity contribution in [1.82, 2.24) is 15.8 Å². The van der Waals surface area contributed by atoms with E-state index < -0.39 is 17.6 Å². The van der Waals surface area contributed by atoms with E-state index in [1.54, 1.807) is 56.4 Å². The molecule has 0 aliphatic carbocycles.